The summed E-state index contributed by atoms with van der Waals surface area (Å²) in [5.74, 6) is -0.710. The standard InChI is InChI=1S/C16H18N2O2S/c1-11-14(10-18-9-5-8-13(18)16(19)20)21-15(17-11)12-6-3-2-4-7-12/h2-4,6-7,13H,5,8-10H2,1H3,(H,19,20). The predicted molar refractivity (Wildman–Crippen MR) is 83.4 cm³/mol. The number of nitrogens with zero attached hydrogens (tertiary/aromatic N) is 2. The smallest absolute Gasteiger partial charge is 0.320 e. The van der Waals surface area contributed by atoms with E-state index in [4.69, 9.17) is 0 Å². The Morgan fingerprint density at radius 1 is 1.43 bits per heavy atom. The summed E-state index contributed by atoms with van der Waals surface area (Å²) in [7, 11) is 0. The molecule has 0 amide bonds. The highest BCUT2D eigenvalue weighted by molar-refractivity contribution is 7.15. The molecule has 21 heavy (non-hydrogen) atoms. The van der Waals surface area contributed by atoms with Crippen molar-refractivity contribution >= 4 is 17.3 Å². The van der Waals surface area contributed by atoms with Gasteiger partial charge in [-0.3, -0.25) is 9.69 Å². The zero-order valence-electron chi connectivity index (χ0n) is 12.0. The Labute approximate surface area is 128 Å². The quantitative estimate of drug-likeness (QED) is 0.942. The molecule has 1 aromatic heterocycles. The fourth-order valence-corrected chi connectivity index (χ4v) is 3.85. The van der Waals surface area contributed by atoms with E-state index in [1.807, 2.05) is 25.1 Å². The Balaban J connectivity index is 1.81. The number of hydrogen-bond donors (Lipinski definition) is 1. The van der Waals surface area contributed by atoms with E-state index < -0.39 is 5.97 Å². The molecule has 1 aliphatic heterocycles. The van der Waals surface area contributed by atoms with Gasteiger partial charge in [-0.25, -0.2) is 4.98 Å². The third kappa shape index (κ3) is 2.99. The van der Waals surface area contributed by atoms with Crippen LogP contribution < -0.4 is 0 Å². The van der Waals surface area contributed by atoms with Gasteiger partial charge in [0.05, 0.1) is 5.69 Å². The maximum absolute atomic E-state index is 11.3. The summed E-state index contributed by atoms with van der Waals surface area (Å²) in [6.45, 7) is 3.55. The fraction of sp³-hybridized carbons (Fsp3) is 0.375. The number of hydrogen-bond acceptors (Lipinski definition) is 4. The molecule has 2 heterocycles. The first-order valence-electron chi connectivity index (χ1n) is 7.14. The number of thiazole rings is 1. The molecule has 3 rings (SSSR count). The van der Waals surface area contributed by atoms with Crippen LogP contribution in [0.4, 0.5) is 0 Å². The zero-order valence-corrected chi connectivity index (χ0v) is 12.8. The van der Waals surface area contributed by atoms with Crippen LogP contribution >= 0.6 is 11.3 Å². The van der Waals surface area contributed by atoms with Crippen molar-refractivity contribution in [3.05, 3.63) is 40.9 Å². The van der Waals surface area contributed by atoms with Gasteiger partial charge in [0.25, 0.3) is 0 Å². The Hall–Kier alpha value is -1.72. The largest absolute Gasteiger partial charge is 0.480 e. The molecule has 1 fully saturated rings. The van der Waals surface area contributed by atoms with E-state index in [0.29, 0.717) is 6.54 Å². The van der Waals surface area contributed by atoms with Gasteiger partial charge in [0, 0.05) is 17.0 Å². The van der Waals surface area contributed by atoms with Crippen LogP contribution in [0.2, 0.25) is 0 Å². The van der Waals surface area contributed by atoms with Gasteiger partial charge in [-0.1, -0.05) is 30.3 Å². The third-order valence-corrected chi connectivity index (χ3v) is 5.10. The number of likely N-dealkylation sites (tertiary alicyclic amines) is 1. The van der Waals surface area contributed by atoms with E-state index in [1.54, 1.807) is 11.3 Å². The Morgan fingerprint density at radius 3 is 2.90 bits per heavy atom. The predicted octanol–water partition coefficient (Wildman–Crippen LogP) is 3.17. The van der Waals surface area contributed by atoms with Crippen LogP contribution in [-0.4, -0.2) is 33.5 Å². The Bertz CT molecular complexity index is 639. The average molecular weight is 302 g/mol. The van der Waals surface area contributed by atoms with Gasteiger partial charge >= 0.3 is 5.97 Å². The lowest BCUT2D eigenvalue weighted by Gasteiger charge is -2.20. The molecule has 0 radical (unpaired) electrons. The number of aliphatic carboxylic acids is 1. The summed E-state index contributed by atoms with van der Waals surface area (Å²) in [5, 5.41) is 10.3. The molecule has 5 heteroatoms. The molecule has 4 nitrogen and oxygen atoms in total. The minimum absolute atomic E-state index is 0.341. The van der Waals surface area contributed by atoms with Crippen molar-refractivity contribution in [2.75, 3.05) is 6.54 Å². The maximum atomic E-state index is 11.3. The van der Waals surface area contributed by atoms with E-state index in [9.17, 15) is 9.90 Å². The molecule has 0 bridgehead atoms. The molecule has 110 valence electrons. The summed E-state index contributed by atoms with van der Waals surface area (Å²) in [6.07, 6.45) is 1.71. The molecule has 1 atom stereocenters. The minimum atomic E-state index is -0.710. The van der Waals surface area contributed by atoms with Gasteiger partial charge < -0.3 is 5.11 Å². The SMILES string of the molecule is Cc1nc(-c2ccccc2)sc1CN1CCCC1C(=O)O. The van der Waals surface area contributed by atoms with E-state index >= 15 is 0 Å². The van der Waals surface area contributed by atoms with Crippen molar-refractivity contribution in [2.45, 2.75) is 32.4 Å². The summed E-state index contributed by atoms with van der Waals surface area (Å²) in [5.41, 5.74) is 2.13. The minimum Gasteiger partial charge on any atom is -0.480 e. The van der Waals surface area contributed by atoms with Crippen LogP contribution in [0, 0.1) is 6.92 Å². The first-order chi connectivity index (χ1) is 10.1. The number of rotatable bonds is 4. The number of carbonyl (C=O) groups is 1. The lowest BCUT2D eigenvalue weighted by atomic mass is 10.2. The fourth-order valence-electron chi connectivity index (χ4n) is 2.76. The summed E-state index contributed by atoms with van der Waals surface area (Å²) in [6, 6.07) is 9.77. The van der Waals surface area contributed by atoms with Gasteiger partial charge in [-0.2, -0.15) is 0 Å². The molecule has 1 saturated heterocycles. The summed E-state index contributed by atoms with van der Waals surface area (Å²) < 4.78 is 0. The number of aryl methyl sites for hydroxylation is 1. The molecular formula is C16H18N2O2S. The first-order valence-corrected chi connectivity index (χ1v) is 7.95. The van der Waals surface area contributed by atoms with E-state index in [2.05, 4.69) is 22.0 Å². The molecule has 1 aromatic carbocycles. The number of aromatic nitrogens is 1. The van der Waals surface area contributed by atoms with Crippen molar-refractivity contribution < 1.29 is 9.90 Å². The van der Waals surface area contributed by atoms with E-state index in [0.717, 1.165) is 35.7 Å². The molecule has 0 aliphatic carbocycles. The van der Waals surface area contributed by atoms with Gasteiger partial charge in [-0.05, 0) is 26.3 Å². The average Bonchev–Trinajstić information content (AvgIpc) is 3.08. The lowest BCUT2D eigenvalue weighted by Crippen LogP contribution is -2.35. The van der Waals surface area contributed by atoms with Crippen LogP contribution in [0.1, 0.15) is 23.4 Å². The number of carboxylic acid groups (broad SMARTS) is 1. The number of benzene rings is 1. The van der Waals surface area contributed by atoms with Crippen LogP contribution in [0.5, 0.6) is 0 Å². The van der Waals surface area contributed by atoms with Crippen molar-refractivity contribution in [1.82, 2.24) is 9.88 Å². The summed E-state index contributed by atoms with van der Waals surface area (Å²) >= 11 is 1.67. The van der Waals surface area contributed by atoms with E-state index in [-0.39, 0.29) is 6.04 Å². The molecule has 0 spiro atoms. The molecule has 1 aliphatic rings. The Morgan fingerprint density at radius 2 is 2.19 bits per heavy atom. The number of carboxylic acids is 1. The van der Waals surface area contributed by atoms with Crippen LogP contribution in [0.15, 0.2) is 30.3 Å². The van der Waals surface area contributed by atoms with Crippen molar-refractivity contribution in [1.29, 1.82) is 0 Å². The first kappa shape index (κ1) is 14.2. The van der Waals surface area contributed by atoms with Gasteiger partial charge in [0.2, 0.25) is 0 Å². The molecule has 0 saturated carbocycles. The van der Waals surface area contributed by atoms with Gasteiger partial charge in [0.15, 0.2) is 0 Å². The second-order valence-electron chi connectivity index (χ2n) is 5.36. The molecular weight excluding hydrogens is 284 g/mol. The highest BCUT2D eigenvalue weighted by Gasteiger charge is 2.31. The highest BCUT2D eigenvalue weighted by Crippen LogP contribution is 2.30. The van der Waals surface area contributed by atoms with Gasteiger partial charge in [0.1, 0.15) is 11.0 Å². The van der Waals surface area contributed by atoms with E-state index in [1.165, 1.54) is 4.88 Å². The second-order valence-corrected chi connectivity index (χ2v) is 6.44. The van der Waals surface area contributed by atoms with Crippen molar-refractivity contribution in [2.24, 2.45) is 0 Å². The van der Waals surface area contributed by atoms with Crippen LogP contribution in [0.25, 0.3) is 10.6 Å². The van der Waals surface area contributed by atoms with Crippen LogP contribution in [0.3, 0.4) is 0 Å². The lowest BCUT2D eigenvalue weighted by molar-refractivity contribution is -0.142. The topological polar surface area (TPSA) is 53.4 Å². The summed E-state index contributed by atoms with van der Waals surface area (Å²) in [4.78, 5) is 19.1. The highest BCUT2D eigenvalue weighted by atomic mass is 32.1. The van der Waals surface area contributed by atoms with Gasteiger partial charge in [-0.15, -0.1) is 11.3 Å². The second kappa shape index (κ2) is 5.95. The maximum Gasteiger partial charge on any atom is 0.320 e. The Kier molecular flexibility index (Phi) is 4.03. The third-order valence-electron chi connectivity index (χ3n) is 3.91. The molecule has 1 unspecified atom stereocenters. The monoisotopic (exact) mass is 302 g/mol. The van der Waals surface area contributed by atoms with Crippen LogP contribution in [-0.2, 0) is 11.3 Å². The zero-order chi connectivity index (χ0) is 14.8. The molecule has 2 aromatic rings. The van der Waals surface area contributed by atoms with Crippen molar-refractivity contribution in [3.63, 3.8) is 0 Å². The normalized spacial score (nSPS) is 19.0. The van der Waals surface area contributed by atoms with Crippen molar-refractivity contribution in [3.8, 4) is 10.6 Å². The molecule has 1 N–H and O–H groups in total.